The van der Waals surface area contributed by atoms with Gasteiger partial charge in [0.05, 0.1) is 10.6 Å². The quantitative estimate of drug-likeness (QED) is 0.370. The van der Waals surface area contributed by atoms with E-state index >= 15 is 0 Å². The van der Waals surface area contributed by atoms with Gasteiger partial charge in [-0.3, -0.25) is 0 Å². The van der Waals surface area contributed by atoms with Crippen molar-refractivity contribution in [2.45, 2.75) is 33.1 Å². The normalized spacial score (nSPS) is 11.3. The zero-order chi connectivity index (χ0) is 21.1. The summed E-state index contributed by atoms with van der Waals surface area (Å²) in [6, 6.07) is 22.3. The zero-order valence-electron chi connectivity index (χ0n) is 17.6. The first kappa shape index (κ1) is 20.1. The van der Waals surface area contributed by atoms with Crippen LogP contribution in [0.25, 0.3) is 10.4 Å². The number of benzene rings is 2. The largest absolute Gasteiger partial charge is 0.437 e. The highest BCUT2D eigenvalue weighted by Gasteiger charge is 2.20. The lowest BCUT2D eigenvalue weighted by molar-refractivity contribution is 0.442. The van der Waals surface area contributed by atoms with Gasteiger partial charge in [-0.15, -0.1) is 0 Å². The Morgan fingerprint density at radius 1 is 0.900 bits per heavy atom. The molecule has 0 atom stereocenters. The summed E-state index contributed by atoms with van der Waals surface area (Å²) in [5, 5.41) is 4.22. The maximum atomic E-state index is 6.26. The molecule has 0 aliphatic carbocycles. The fourth-order valence-corrected chi connectivity index (χ4v) is 4.25. The predicted molar refractivity (Wildman–Crippen MR) is 125 cm³/mol. The van der Waals surface area contributed by atoms with Gasteiger partial charge >= 0.3 is 0 Å². The Kier molecular flexibility index (Phi) is 5.55. The Morgan fingerprint density at radius 3 is 2.40 bits per heavy atom. The van der Waals surface area contributed by atoms with Crippen molar-refractivity contribution in [1.29, 1.82) is 0 Å². The molecular weight excluding hydrogens is 390 g/mol. The number of nitrogens with one attached hydrogen (secondary N) is 1. The zero-order valence-corrected chi connectivity index (χ0v) is 18.5. The van der Waals surface area contributed by atoms with Gasteiger partial charge in [-0.2, -0.15) is 0 Å². The van der Waals surface area contributed by atoms with Gasteiger partial charge in [0.15, 0.2) is 5.13 Å². The lowest BCUT2D eigenvalue weighted by Gasteiger charge is -2.22. The molecule has 4 aromatic rings. The van der Waals surface area contributed by atoms with Crippen LogP contribution in [-0.2, 0) is 5.41 Å². The third-order valence-corrected chi connectivity index (χ3v) is 5.87. The molecule has 0 aliphatic rings. The summed E-state index contributed by atoms with van der Waals surface area (Å²) >= 11 is 1.62. The Morgan fingerprint density at radius 2 is 1.63 bits per heavy atom. The number of aromatic nitrogens is 2. The van der Waals surface area contributed by atoms with E-state index in [0.29, 0.717) is 5.88 Å². The Hall–Kier alpha value is -3.18. The minimum absolute atomic E-state index is 0.0318. The average Bonchev–Trinajstić information content (AvgIpc) is 3.10. The summed E-state index contributed by atoms with van der Waals surface area (Å²) < 4.78 is 6.26. The van der Waals surface area contributed by atoms with Crippen molar-refractivity contribution in [2.24, 2.45) is 0 Å². The van der Waals surface area contributed by atoms with Crippen molar-refractivity contribution in [3.05, 3.63) is 84.2 Å². The molecule has 152 valence electrons. The van der Waals surface area contributed by atoms with Gasteiger partial charge in [0.2, 0.25) is 5.88 Å². The predicted octanol–water partition coefficient (Wildman–Crippen LogP) is 7.35. The smallest absolute Gasteiger partial charge is 0.243 e. The van der Waals surface area contributed by atoms with Crippen LogP contribution in [0.15, 0.2) is 72.9 Å². The first-order valence-electron chi connectivity index (χ1n) is 9.94. The summed E-state index contributed by atoms with van der Waals surface area (Å²) in [5.41, 5.74) is 4.06. The van der Waals surface area contributed by atoms with Crippen LogP contribution < -0.4 is 10.1 Å². The molecular formula is C25H25N3OS. The molecule has 0 spiro atoms. The maximum Gasteiger partial charge on any atom is 0.243 e. The molecule has 2 heterocycles. The SMILES string of the molecule is Cc1nc(Nc2cccnc2Oc2ccccc2C(C)(C)C)sc1-c1ccccc1. The monoisotopic (exact) mass is 415 g/mol. The van der Waals surface area contributed by atoms with Crippen molar-refractivity contribution < 1.29 is 4.74 Å². The number of aryl methyl sites for hydroxylation is 1. The minimum Gasteiger partial charge on any atom is -0.437 e. The molecule has 0 radical (unpaired) electrons. The average molecular weight is 416 g/mol. The topological polar surface area (TPSA) is 47.0 Å². The van der Waals surface area contributed by atoms with E-state index in [9.17, 15) is 0 Å². The number of thiazole rings is 1. The van der Waals surface area contributed by atoms with E-state index in [4.69, 9.17) is 9.72 Å². The molecule has 4 rings (SSSR count). The van der Waals surface area contributed by atoms with Crippen molar-refractivity contribution in [2.75, 3.05) is 5.32 Å². The number of hydrogen-bond donors (Lipinski definition) is 1. The summed E-state index contributed by atoms with van der Waals surface area (Å²) in [6.07, 6.45) is 1.74. The van der Waals surface area contributed by atoms with Gasteiger partial charge in [0, 0.05) is 11.8 Å². The molecule has 0 aliphatic heterocycles. The van der Waals surface area contributed by atoms with Crippen molar-refractivity contribution in [1.82, 2.24) is 9.97 Å². The standard InChI is InChI=1S/C25H25N3OS/c1-17-22(18-11-6-5-7-12-18)30-24(27-17)28-20-14-10-16-26-23(20)29-21-15-9-8-13-19(21)25(2,3)4/h5-16H,1-4H3,(H,27,28). The fraction of sp³-hybridized carbons (Fsp3) is 0.200. The Labute approximate surface area is 181 Å². The van der Waals surface area contributed by atoms with Gasteiger partial charge in [-0.1, -0.05) is 80.6 Å². The second kappa shape index (κ2) is 8.28. The van der Waals surface area contributed by atoms with Crippen molar-refractivity contribution in [3.63, 3.8) is 0 Å². The summed E-state index contributed by atoms with van der Waals surface area (Å²) in [4.78, 5) is 10.3. The first-order valence-corrected chi connectivity index (χ1v) is 10.8. The van der Waals surface area contributed by atoms with Crippen LogP contribution in [0.4, 0.5) is 10.8 Å². The Bertz CT molecular complexity index is 1150. The van der Waals surface area contributed by atoms with E-state index in [1.165, 1.54) is 5.56 Å². The molecule has 0 fully saturated rings. The molecule has 2 aromatic carbocycles. The number of para-hydroxylation sites is 1. The van der Waals surface area contributed by atoms with Gasteiger partial charge < -0.3 is 10.1 Å². The van der Waals surface area contributed by atoms with Crippen molar-refractivity contribution >= 4 is 22.2 Å². The summed E-state index contributed by atoms with van der Waals surface area (Å²) in [7, 11) is 0. The molecule has 0 saturated heterocycles. The van der Waals surface area contributed by atoms with E-state index in [1.807, 2.05) is 55.5 Å². The highest BCUT2D eigenvalue weighted by atomic mass is 32.1. The molecule has 30 heavy (non-hydrogen) atoms. The molecule has 5 heteroatoms. The molecule has 0 saturated carbocycles. The number of ether oxygens (including phenoxy) is 1. The van der Waals surface area contributed by atoms with E-state index in [0.717, 1.165) is 32.7 Å². The number of pyridine rings is 1. The van der Waals surface area contributed by atoms with E-state index in [-0.39, 0.29) is 5.41 Å². The number of anilines is 2. The third-order valence-electron chi connectivity index (χ3n) is 4.75. The molecule has 0 amide bonds. The van der Waals surface area contributed by atoms with E-state index in [1.54, 1.807) is 17.5 Å². The lowest BCUT2D eigenvalue weighted by atomic mass is 9.86. The van der Waals surface area contributed by atoms with Crippen molar-refractivity contribution in [3.8, 4) is 22.1 Å². The molecule has 0 bridgehead atoms. The molecule has 2 aromatic heterocycles. The van der Waals surface area contributed by atoms with Gasteiger partial charge in [-0.05, 0) is 36.1 Å². The first-order chi connectivity index (χ1) is 14.4. The minimum atomic E-state index is -0.0318. The maximum absolute atomic E-state index is 6.26. The van der Waals surface area contributed by atoms with Crippen LogP contribution >= 0.6 is 11.3 Å². The van der Waals surface area contributed by atoms with Crippen LogP contribution in [0.5, 0.6) is 11.6 Å². The van der Waals surface area contributed by atoms with Crippen LogP contribution in [-0.4, -0.2) is 9.97 Å². The van der Waals surface area contributed by atoms with Crippen LogP contribution in [0.3, 0.4) is 0 Å². The summed E-state index contributed by atoms with van der Waals surface area (Å²) in [5.74, 6) is 1.34. The highest BCUT2D eigenvalue weighted by Crippen LogP contribution is 2.38. The second-order valence-electron chi connectivity index (χ2n) is 8.13. The van der Waals surface area contributed by atoms with Crippen LogP contribution in [0, 0.1) is 6.92 Å². The number of nitrogens with zero attached hydrogens (tertiary/aromatic N) is 2. The van der Waals surface area contributed by atoms with Crippen LogP contribution in [0.1, 0.15) is 32.0 Å². The second-order valence-corrected chi connectivity index (χ2v) is 9.13. The lowest BCUT2D eigenvalue weighted by Crippen LogP contribution is -2.12. The molecule has 1 N–H and O–H groups in total. The van der Waals surface area contributed by atoms with E-state index in [2.05, 4.69) is 49.3 Å². The number of rotatable bonds is 5. The molecule has 0 unspecified atom stereocenters. The fourth-order valence-electron chi connectivity index (χ4n) is 3.27. The third kappa shape index (κ3) is 4.36. The van der Waals surface area contributed by atoms with Gasteiger partial charge in [-0.25, -0.2) is 9.97 Å². The summed E-state index contributed by atoms with van der Waals surface area (Å²) in [6.45, 7) is 8.56. The van der Waals surface area contributed by atoms with Gasteiger partial charge in [0.25, 0.3) is 0 Å². The van der Waals surface area contributed by atoms with Crippen LogP contribution in [0.2, 0.25) is 0 Å². The molecule has 4 nitrogen and oxygen atoms in total. The highest BCUT2D eigenvalue weighted by molar-refractivity contribution is 7.19. The Balaban J connectivity index is 1.63. The van der Waals surface area contributed by atoms with E-state index < -0.39 is 0 Å². The number of hydrogen-bond acceptors (Lipinski definition) is 5. The van der Waals surface area contributed by atoms with Gasteiger partial charge in [0.1, 0.15) is 11.4 Å².